The Morgan fingerprint density at radius 2 is 1.48 bits per heavy atom. The Morgan fingerprint density at radius 3 is 2.15 bits per heavy atom. The van der Waals surface area contributed by atoms with E-state index in [1.165, 1.54) is 18.2 Å². The first-order chi connectivity index (χ1) is 13.1. The molecular formula is C20H19N3O4. The van der Waals surface area contributed by atoms with E-state index in [-0.39, 0.29) is 17.5 Å². The molecule has 1 aliphatic heterocycles. The standard InChI is InChI=1S/C20H19N3O4/c24-19(11-10-16-6-4-5-9-18(16)23(26)27)21-12-14-22(15-13-21)20(25)17-7-2-1-3-8-17/h1-11H,12-15H2/b11-10+. The first kappa shape index (κ1) is 18.3. The number of benzene rings is 2. The van der Waals surface area contributed by atoms with Crippen molar-refractivity contribution in [1.29, 1.82) is 0 Å². The molecule has 0 saturated carbocycles. The highest BCUT2D eigenvalue weighted by Crippen LogP contribution is 2.19. The number of carbonyl (C=O) groups is 2. The van der Waals surface area contributed by atoms with Gasteiger partial charge in [-0.25, -0.2) is 0 Å². The van der Waals surface area contributed by atoms with Crippen LogP contribution in [0.5, 0.6) is 0 Å². The number of hydrogen-bond acceptors (Lipinski definition) is 4. The van der Waals surface area contributed by atoms with Gasteiger partial charge in [-0.1, -0.05) is 30.3 Å². The summed E-state index contributed by atoms with van der Waals surface area (Å²) in [7, 11) is 0. The van der Waals surface area contributed by atoms with Gasteiger partial charge in [0.25, 0.3) is 11.6 Å². The first-order valence-corrected chi connectivity index (χ1v) is 8.61. The molecule has 1 heterocycles. The van der Waals surface area contributed by atoms with E-state index in [9.17, 15) is 19.7 Å². The molecule has 1 aliphatic rings. The molecule has 0 spiro atoms. The van der Waals surface area contributed by atoms with E-state index in [1.807, 2.05) is 18.2 Å². The van der Waals surface area contributed by atoms with Gasteiger partial charge in [0.15, 0.2) is 0 Å². The zero-order valence-corrected chi connectivity index (χ0v) is 14.7. The van der Waals surface area contributed by atoms with Crippen LogP contribution < -0.4 is 0 Å². The first-order valence-electron chi connectivity index (χ1n) is 8.61. The molecule has 0 bridgehead atoms. The van der Waals surface area contributed by atoms with Crippen molar-refractivity contribution >= 4 is 23.6 Å². The smallest absolute Gasteiger partial charge is 0.276 e. The van der Waals surface area contributed by atoms with Crippen LogP contribution in [0.2, 0.25) is 0 Å². The van der Waals surface area contributed by atoms with Gasteiger partial charge in [0.2, 0.25) is 5.91 Å². The van der Waals surface area contributed by atoms with E-state index in [2.05, 4.69) is 0 Å². The molecule has 27 heavy (non-hydrogen) atoms. The van der Waals surface area contributed by atoms with E-state index < -0.39 is 4.92 Å². The fourth-order valence-electron chi connectivity index (χ4n) is 2.95. The molecule has 2 aromatic rings. The maximum atomic E-state index is 12.4. The Kier molecular flexibility index (Phi) is 5.61. The minimum atomic E-state index is -0.474. The van der Waals surface area contributed by atoms with Gasteiger partial charge in [-0.15, -0.1) is 0 Å². The van der Waals surface area contributed by atoms with Crippen molar-refractivity contribution in [3.63, 3.8) is 0 Å². The fourth-order valence-corrected chi connectivity index (χ4v) is 2.95. The second kappa shape index (κ2) is 8.27. The highest BCUT2D eigenvalue weighted by molar-refractivity contribution is 5.95. The van der Waals surface area contributed by atoms with Gasteiger partial charge in [-0.05, 0) is 24.3 Å². The van der Waals surface area contributed by atoms with Crippen molar-refractivity contribution in [1.82, 2.24) is 9.80 Å². The molecule has 1 fully saturated rings. The number of hydrogen-bond donors (Lipinski definition) is 0. The molecule has 0 radical (unpaired) electrons. The molecular weight excluding hydrogens is 346 g/mol. The molecule has 0 atom stereocenters. The summed E-state index contributed by atoms with van der Waals surface area (Å²) in [6.07, 6.45) is 2.80. The number of carbonyl (C=O) groups excluding carboxylic acids is 2. The SMILES string of the molecule is O=C(/C=C/c1ccccc1[N+](=O)[O-])N1CCN(C(=O)c2ccccc2)CC1. The predicted molar refractivity (Wildman–Crippen MR) is 101 cm³/mol. The molecule has 1 saturated heterocycles. The lowest BCUT2D eigenvalue weighted by Gasteiger charge is -2.34. The van der Waals surface area contributed by atoms with E-state index in [0.29, 0.717) is 37.3 Å². The topological polar surface area (TPSA) is 83.8 Å². The average molecular weight is 365 g/mol. The van der Waals surface area contributed by atoms with Crippen LogP contribution in [-0.2, 0) is 4.79 Å². The lowest BCUT2D eigenvalue weighted by molar-refractivity contribution is -0.385. The summed E-state index contributed by atoms with van der Waals surface area (Å²) >= 11 is 0. The zero-order valence-electron chi connectivity index (χ0n) is 14.7. The Hall–Kier alpha value is -3.48. The number of rotatable bonds is 4. The predicted octanol–water partition coefficient (Wildman–Crippen LogP) is 2.59. The summed E-state index contributed by atoms with van der Waals surface area (Å²) in [5.74, 6) is -0.266. The Bertz CT molecular complexity index is 872. The monoisotopic (exact) mass is 365 g/mol. The normalized spacial score (nSPS) is 14.4. The number of para-hydroxylation sites is 1. The molecule has 2 aromatic carbocycles. The molecule has 0 N–H and O–H groups in total. The molecule has 2 amide bonds. The highest BCUT2D eigenvalue weighted by atomic mass is 16.6. The van der Waals surface area contributed by atoms with Crippen molar-refractivity contribution in [3.05, 3.63) is 81.9 Å². The zero-order chi connectivity index (χ0) is 19.2. The third-order valence-electron chi connectivity index (χ3n) is 4.44. The number of amides is 2. The van der Waals surface area contributed by atoms with Crippen molar-refractivity contribution in [2.75, 3.05) is 26.2 Å². The number of nitrogens with zero attached hydrogens (tertiary/aromatic N) is 3. The summed E-state index contributed by atoms with van der Waals surface area (Å²) in [6, 6.07) is 15.3. The average Bonchev–Trinajstić information content (AvgIpc) is 2.72. The molecule has 7 heteroatoms. The Labute approximate surface area is 156 Å². The highest BCUT2D eigenvalue weighted by Gasteiger charge is 2.23. The lowest BCUT2D eigenvalue weighted by atomic mass is 10.1. The molecule has 0 unspecified atom stereocenters. The van der Waals surface area contributed by atoms with E-state index in [1.54, 1.807) is 40.1 Å². The molecule has 7 nitrogen and oxygen atoms in total. The van der Waals surface area contributed by atoms with Crippen molar-refractivity contribution < 1.29 is 14.5 Å². The number of nitro groups is 1. The molecule has 0 aromatic heterocycles. The van der Waals surface area contributed by atoms with Crippen LogP contribution in [0.25, 0.3) is 6.08 Å². The molecule has 138 valence electrons. The minimum absolute atomic E-state index is 0.0418. The summed E-state index contributed by atoms with van der Waals surface area (Å²) in [5.41, 5.74) is 0.974. The third kappa shape index (κ3) is 4.38. The quantitative estimate of drug-likeness (QED) is 0.474. The maximum absolute atomic E-state index is 12.4. The third-order valence-corrected chi connectivity index (χ3v) is 4.44. The van der Waals surface area contributed by atoms with E-state index in [4.69, 9.17) is 0 Å². The van der Waals surface area contributed by atoms with Gasteiger partial charge in [0.05, 0.1) is 10.5 Å². The van der Waals surface area contributed by atoms with Crippen LogP contribution >= 0.6 is 0 Å². The fraction of sp³-hybridized carbons (Fsp3) is 0.200. The summed E-state index contributed by atoms with van der Waals surface area (Å²) in [5, 5.41) is 11.0. The molecule has 0 aliphatic carbocycles. The van der Waals surface area contributed by atoms with Gasteiger partial charge >= 0.3 is 0 Å². The second-order valence-electron chi connectivity index (χ2n) is 6.13. The van der Waals surface area contributed by atoms with Gasteiger partial charge in [-0.2, -0.15) is 0 Å². The summed E-state index contributed by atoms with van der Waals surface area (Å²) in [6.45, 7) is 1.77. The Morgan fingerprint density at radius 1 is 0.889 bits per heavy atom. The van der Waals surface area contributed by atoms with Crippen LogP contribution in [0, 0.1) is 10.1 Å². The Balaban J connectivity index is 1.59. The minimum Gasteiger partial charge on any atom is -0.336 e. The van der Waals surface area contributed by atoms with Crippen molar-refractivity contribution in [2.24, 2.45) is 0 Å². The van der Waals surface area contributed by atoms with Crippen molar-refractivity contribution in [2.45, 2.75) is 0 Å². The number of nitro benzene ring substituents is 1. The lowest BCUT2D eigenvalue weighted by Crippen LogP contribution is -2.50. The van der Waals surface area contributed by atoms with E-state index in [0.717, 1.165) is 0 Å². The van der Waals surface area contributed by atoms with Crippen LogP contribution in [0.1, 0.15) is 15.9 Å². The van der Waals surface area contributed by atoms with E-state index >= 15 is 0 Å². The summed E-state index contributed by atoms with van der Waals surface area (Å²) in [4.78, 5) is 38.7. The second-order valence-corrected chi connectivity index (χ2v) is 6.13. The van der Waals surface area contributed by atoms with Gasteiger partial charge in [0, 0.05) is 43.9 Å². The van der Waals surface area contributed by atoms with Gasteiger partial charge < -0.3 is 9.80 Å². The van der Waals surface area contributed by atoms with Crippen LogP contribution in [0.3, 0.4) is 0 Å². The van der Waals surface area contributed by atoms with Crippen LogP contribution in [0.4, 0.5) is 5.69 Å². The van der Waals surface area contributed by atoms with Crippen LogP contribution in [-0.4, -0.2) is 52.7 Å². The van der Waals surface area contributed by atoms with Crippen molar-refractivity contribution in [3.8, 4) is 0 Å². The number of piperazine rings is 1. The molecule has 3 rings (SSSR count). The van der Waals surface area contributed by atoms with Gasteiger partial charge in [0.1, 0.15) is 0 Å². The van der Waals surface area contributed by atoms with Crippen LogP contribution in [0.15, 0.2) is 60.7 Å². The summed E-state index contributed by atoms with van der Waals surface area (Å²) < 4.78 is 0. The maximum Gasteiger partial charge on any atom is 0.276 e. The van der Waals surface area contributed by atoms with Gasteiger partial charge in [-0.3, -0.25) is 19.7 Å². The largest absolute Gasteiger partial charge is 0.336 e.